The molecule has 0 aliphatic carbocycles. The van der Waals surface area contributed by atoms with Gasteiger partial charge in [0.2, 0.25) is 11.7 Å². The van der Waals surface area contributed by atoms with E-state index in [2.05, 4.69) is 31.4 Å². The molecule has 2 heterocycles. The second-order valence-electron chi connectivity index (χ2n) is 6.57. The van der Waals surface area contributed by atoms with Crippen molar-refractivity contribution in [1.82, 2.24) is 14.8 Å². The van der Waals surface area contributed by atoms with Crippen LogP contribution in [-0.2, 0) is 11.3 Å². The van der Waals surface area contributed by atoms with Crippen molar-refractivity contribution in [2.24, 2.45) is 0 Å². The van der Waals surface area contributed by atoms with E-state index in [1.165, 1.54) is 23.9 Å². The van der Waals surface area contributed by atoms with Crippen LogP contribution in [0.15, 0.2) is 62.6 Å². The molecule has 0 radical (unpaired) electrons. The van der Waals surface area contributed by atoms with Gasteiger partial charge in [-0.25, -0.2) is 4.79 Å². The van der Waals surface area contributed by atoms with E-state index in [0.29, 0.717) is 29.0 Å². The summed E-state index contributed by atoms with van der Waals surface area (Å²) >= 11 is 4.70. The molecular weight excluding hydrogens is 484 g/mol. The predicted octanol–water partition coefficient (Wildman–Crippen LogP) is 4.90. The zero-order valence-electron chi connectivity index (χ0n) is 16.3. The van der Waals surface area contributed by atoms with Gasteiger partial charge in [0.05, 0.1) is 11.3 Å². The average molecular weight is 501 g/mol. The van der Waals surface area contributed by atoms with Crippen molar-refractivity contribution in [2.45, 2.75) is 18.6 Å². The maximum Gasteiger partial charge on any atom is 0.335 e. The highest BCUT2D eigenvalue weighted by atomic mass is 79.9. The number of hydrogen-bond acceptors (Lipinski definition) is 6. The highest BCUT2D eigenvalue weighted by Gasteiger charge is 2.18. The predicted molar refractivity (Wildman–Crippen MR) is 121 cm³/mol. The summed E-state index contributed by atoms with van der Waals surface area (Å²) < 4.78 is 8.76. The van der Waals surface area contributed by atoms with Crippen LogP contribution in [0.1, 0.15) is 17.3 Å². The smallest absolute Gasteiger partial charge is 0.335 e. The van der Waals surface area contributed by atoms with Crippen molar-refractivity contribution >= 4 is 56.2 Å². The van der Waals surface area contributed by atoms with Gasteiger partial charge in [0, 0.05) is 22.1 Å². The van der Waals surface area contributed by atoms with Gasteiger partial charge in [-0.3, -0.25) is 9.36 Å². The van der Waals surface area contributed by atoms with Crippen molar-refractivity contribution in [1.29, 1.82) is 0 Å². The number of nitrogens with one attached hydrogen (secondary N) is 1. The van der Waals surface area contributed by atoms with E-state index in [-0.39, 0.29) is 17.2 Å². The van der Waals surface area contributed by atoms with Gasteiger partial charge in [-0.15, -0.1) is 10.2 Å². The number of carboxylic acids is 1. The summed E-state index contributed by atoms with van der Waals surface area (Å²) in [5, 5.41) is 21.8. The summed E-state index contributed by atoms with van der Waals surface area (Å²) in [5.41, 5.74) is 1.29. The number of carboxylic acid groups (broad SMARTS) is 1. The SMILES string of the molecule is CCn1c(SCC(=O)Nc2cccc(C(=O)O)c2)nnc1-c1cc2cc(Br)ccc2o1. The maximum atomic E-state index is 12.3. The van der Waals surface area contributed by atoms with Gasteiger partial charge in [-0.05, 0) is 49.4 Å². The van der Waals surface area contributed by atoms with Gasteiger partial charge in [0.15, 0.2) is 10.9 Å². The van der Waals surface area contributed by atoms with Crippen LogP contribution in [0.3, 0.4) is 0 Å². The Balaban J connectivity index is 1.48. The van der Waals surface area contributed by atoms with Gasteiger partial charge in [-0.1, -0.05) is 33.8 Å². The fourth-order valence-electron chi connectivity index (χ4n) is 3.04. The average Bonchev–Trinajstić information content (AvgIpc) is 3.35. The Morgan fingerprint density at radius 2 is 2.03 bits per heavy atom. The summed E-state index contributed by atoms with van der Waals surface area (Å²) in [6, 6.07) is 13.8. The van der Waals surface area contributed by atoms with Crippen molar-refractivity contribution < 1.29 is 19.1 Å². The van der Waals surface area contributed by atoms with Crippen LogP contribution in [-0.4, -0.2) is 37.5 Å². The van der Waals surface area contributed by atoms with Crippen molar-refractivity contribution in [3.63, 3.8) is 0 Å². The Morgan fingerprint density at radius 3 is 2.81 bits per heavy atom. The lowest BCUT2D eigenvalue weighted by atomic mass is 10.2. The Bertz CT molecular complexity index is 1280. The molecule has 2 aromatic carbocycles. The van der Waals surface area contributed by atoms with Crippen LogP contribution < -0.4 is 5.32 Å². The number of furan rings is 1. The Kier molecular flexibility index (Phi) is 6.10. The van der Waals surface area contributed by atoms with E-state index in [4.69, 9.17) is 9.52 Å². The van der Waals surface area contributed by atoms with Crippen LogP contribution in [0.4, 0.5) is 5.69 Å². The maximum absolute atomic E-state index is 12.3. The van der Waals surface area contributed by atoms with Gasteiger partial charge in [0.1, 0.15) is 5.58 Å². The quantitative estimate of drug-likeness (QED) is 0.347. The molecule has 0 unspecified atom stereocenters. The third-order valence-electron chi connectivity index (χ3n) is 4.46. The fourth-order valence-corrected chi connectivity index (χ4v) is 4.23. The molecule has 1 amide bonds. The minimum absolute atomic E-state index is 0.0997. The number of carbonyl (C=O) groups excluding carboxylic acids is 1. The lowest BCUT2D eigenvalue weighted by molar-refractivity contribution is -0.113. The fraction of sp³-hybridized carbons (Fsp3) is 0.143. The first-order chi connectivity index (χ1) is 14.9. The van der Waals surface area contributed by atoms with E-state index >= 15 is 0 Å². The minimum atomic E-state index is -1.05. The van der Waals surface area contributed by atoms with Gasteiger partial charge < -0.3 is 14.8 Å². The highest BCUT2D eigenvalue weighted by molar-refractivity contribution is 9.10. The molecule has 4 aromatic rings. The first kappa shape index (κ1) is 21.1. The Morgan fingerprint density at radius 1 is 1.19 bits per heavy atom. The number of rotatable bonds is 7. The number of anilines is 1. The monoisotopic (exact) mass is 500 g/mol. The van der Waals surface area contributed by atoms with Crippen LogP contribution in [0, 0.1) is 0 Å². The summed E-state index contributed by atoms with van der Waals surface area (Å²) in [6.07, 6.45) is 0. The van der Waals surface area contributed by atoms with Crippen molar-refractivity contribution in [3.05, 3.63) is 58.6 Å². The highest BCUT2D eigenvalue weighted by Crippen LogP contribution is 2.30. The standard InChI is InChI=1S/C21H17BrN4O4S/c1-2-26-19(17-10-13-8-14(22)6-7-16(13)30-17)24-25-21(26)31-11-18(27)23-15-5-3-4-12(9-15)20(28)29/h3-10H,2,11H2,1H3,(H,23,27)(H,28,29). The number of benzene rings is 2. The zero-order chi connectivity index (χ0) is 22.0. The molecule has 0 spiro atoms. The van der Waals surface area contributed by atoms with Crippen LogP contribution >= 0.6 is 27.7 Å². The second-order valence-corrected chi connectivity index (χ2v) is 8.42. The molecular formula is C21H17BrN4O4S. The van der Waals surface area contributed by atoms with Crippen molar-refractivity contribution in [3.8, 4) is 11.6 Å². The molecule has 4 rings (SSSR count). The number of amides is 1. The van der Waals surface area contributed by atoms with Crippen molar-refractivity contribution in [2.75, 3.05) is 11.1 Å². The zero-order valence-corrected chi connectivity index (χ0v) is 18.7. The van der Waals surface area contributed by atoms with E-state index in [0.717, 1.165) is 15.4 Å². The molecule has 0 bridgehead atoms. The summed E-state index contributed by atoms with van der Waals surface area (Å²) in [6.45, 7) is 2.57. The third-order valence-corrected chi connectivity index (χ3v) is 5.92. The van der Waals surface area contributed by atoms with Crippen LogP contribution in [0.2, 0.25) is 0 Å². The van der Waals surface area contributed by atoms with E-state index < -0.39 is 5.97 Å². The van der Waals surface area contributed by atoms with Gasteiger partial charge in [-0.2, -0.15) is 0 Å². The van der Waals surface area contributed by atoms with Crippen LogP contribution in [0.5, 0.6) is 0 Å². The molecule has 31 heavy (non-hydrogen) atoms. The number of aromatic carboxylic acids is 1. The minimum Gasteiger partial charge on any atom is -0.478 e. The first-order valence-electron chi connectivity index (χ1n) is 9.33. The number of halogens is 1. The molecule has 8 nitrogen and oxygen atoms in total. The second kappa shape index (κ2) is 8.94. The number of hydrogen-bond donors (Lipinski definition) is 2. The molecule has 2 aromatic heterocycles. The molecule has 10 heteroatoms. The Hall–Kier alpha value is -3.11. The molecule has 158 valence electrons. The molecule has 0 atom stereocenters. The van der Waals surface area contributed by atoms with Gasteiger partial charge >= 0.3 is 5.97 Å². The van der Waals surface area contributed by atoms with E-state index in [9.17, 15) is 9.59 Å². The molecule has 0 fully saturated rings. The molecule has 0 saturated carbocycles. The Labute approximate surface area is 189 Å². The van der Waals surface area contributed by atoms with E-state index in [1.54, 1.807) is 12.1 Å². The first-order valence-corrected chi connectivity index (χ1v) is 11.1. The van der Waals surface area contributed by atoms with Gasteiger partial charge in [0.25, 0.3) is 0 Å². The summed E-state index contributed by atoms with van der Waals surface area (Å²) in [7, 11) is 0. The third kappa shape index (κ3) is 4.64. The number of carbonyl (C=O) groups is 2. The lowest BCUT2D eigenvalue weighted by Gasteiger charge is -2.07. The van der Waals surface area contributed by atoms with E-state index in [1.807, 2.05) is 35.8 Å². The topological polar surface area (TPSA) is 110 Å². The molecule has 0 aliphatic rings. The largest absolute Gasteiger partial charge is 0.478 e. The lowest BCUT2D eigenvalue weighted by Crippen LogP contribution is -2.15. The number of nitrogens with zero attached hydrogens (tertiary/aromatic N) is 3. The van der Waals surface area contributed by atoms with Crippen LogP contribution in [0.25, 0.3) is 22.6 Å². The number of aromatic nitrogens is 3. The summed E-state index contributed by atoms with van der Waals surface area (Å²) in [5.74, 6) is -0.0286. The number of thioether (sulfide) groups is 1. The normalized spacial score (nSPS) is 11.0. The molecule has 2 N–H and O–H groups in total. The molecule has 0 aliphatic heterocycles. The molecule has 0 saturated heterocycles. The summed E-state index contributed by atoms with van der Waals surface area (Å²) in [4.78, 5) is 23.4. The number of fused-ring (bicyclic) bond motifs is 1.